The van der Waals surface area contributed by atoms with Crippen molar-refractivity contribution >= 4 is 5.97 Å². The third-order valence-electron chi connectivity index (χ3n) is 2.19. The number of carbonyl (C=O) groups is 1. The molecule has 0 spiro atoms. The number of nitrogens with zero attached hydrogens (tertiary/aromatic N) is 1. The summed E-state index contributed by atoms with van der Waals surface area (Å²) in [6, 6.07) is 0. The van der Waals surface area contributed by atoms with E-state index in [1.165, 1.54) is 0 Å². The van der Waals surface area contributed by atoms with Crippen LogP contribution in [0.3, 0.4) is 0 Å². The van der Waals surface area contributed by atoms with Crippen LogP contribution in [0.1, 0.15) is 25.7 Å². The maximum absolute atomic E-state index is 10.6. The molecule has 1 aliphatic carbocycles. The topological polar surface area (TPSA) is 70.3 Å². The zero-order chi connectivity index (χ0) is 8.97. The molecule has 0 aliphatic heterocycles. The first-order valence-electron chi connectivity index (χ1n) is 4.01. The fourth-order valence-corrected chi connectivity index (χ4v) is 1.55. The summed E-state index contributed by atoms with van der Waals surface area (Å²) in [5, 5.41) is 16.9. The van der Waals surface area contributed by atoms with Gasteiger partial charge in [-0.1, -0.05) is 0 Å². The van der Waals surface area contributed by atoms with Crippen LogP contribution in [0.5, 0.6) is 0 Å². The molecule has 0 aromatic rings. The second-order valence-corrected chi connectivity index (χ2v) is 3.03. The van der Waals surface area contributed by atoms with Crippen molar-refractivity contribution in [2.45, 2.75) is 31.8 Å². The van der Waals surface area contributed by atoms with Crippen LogP contribution in [0.15, 0.2) is 0 Å². The Hall–Kier alpha value is -1.24. The molecule has 0 aromatic carbocycles. The lowest BCUT2D eigenvalue weighted by Gasteiger charge is -2.23. The summed E-state index contributed by atoms with van der Waals surface area (Å²) in [6.07, 6.45) is 4.25. The molecule has 0 saturated heterocycles. The Kier molecular flexibility index (Phi) is 2.92. The van der Waals surface area contributed by atoms with Crippen LogP contribution in [0.25, 0.3) is 0 Å². The van der Waals surface area contributed by atoms with Gasteiger partial charge in [-0.15, -0.1) is 0 Å². The Balaban J connectivity index is 2.41. The van der Waals surface area contributed by atoms with Crippen molar-refractivity contribution in [1.82, 2.24) is 0 Å². The maximum atomic E-state index is 10.6. The molecule has 0 heterocycles. The number of hydrogen-bond donors (Lipinski definition) is 1. The number of rotatable bonds is 2. The minimum absolute atomic E-state index is 0.176. The quantitative estimate of drug-likeness (QED) is 0.629. The highest BCUT2D eigenvalue weighted by Crippen LogP contribution is 2.26. The van der Waals surface area contributed by atoms with Crippen molar-refractivity contribution in [3.05, 3.63) is 0 Å². The molecule has 0 bridgehead atoms. The van der Waals surface area contributed by atoms with Gasteiger partial charge in [0, 0.05) is 0 Å². The smallest absolute Gasteiger partial charge is 0.306 e. The molecule has 1 N–H and O–H groups in total. The van der Waals surface area contributed by atoms with E-state index in [1.807, 2.05) is 0 Å². The molecular weight excluding hydrogens is 158 g/mol. The Morgan fingerprint density at radius 1 is 1.58 bits per heavy atom. The zero-order valence-electron chi connectivity index (χ0n) is 6.69. The Labute approximate surface area is 70.7 Å². The summed E-state index contributed by atoms with van der Waals surface area (Å²) in [7, 11) is 0. The van der Waals surface area contributed by atoms with Gasteiger partial charge in [0.1, 0.15) is 6.10 Å². The maximum Gasteiger partial charge on any atom is 0.306 e. The first-order chi connectivity index (χ1) is 5.74. The molecule has 12 heavy (non-hydrogen) atoms. The fraction of sp³-hybridized carbons (Fsp3) is 0.750. The number of carboxylic acid groups (broad SMARTS) is 1. The summed E-state index contributed by atoms with van der Waals surface area (Å²) in [5.41, 5.74) is 0. The monoisotopic (exact) mass is 169 g/mol. The van der Waals surface area contributed by atoms with Gasteiger partial charge in [-0.3, -0.25) is 4.79 Å². The normalized spacial score (nSPS) is 28.9. The average Bonchev–Trinajstić information content (AvgIpc) is 2.05. The fourth-order valence-electron chi connectivity index (χ4n) is 1.55. The van der Waals surface area contributed by atoms with E-state index in [-0.39, 0.29) is 12.0 Å². The molecule has 2 unspecified atom stereocenters. The van der Waals surface area contributed by atoms with Crippen LogP contribution < -0.4 is 0 Å². The number of carboxylic acids is 1. The summed E-state index contributed by atoms with van der Waals surface area (Å²) >= 11 is 0. The molecule has 0 amide bonds. The van der Waals surface area contributed by atoms with Crippen molar-refractivity contribution in [1.29, 1.82) is 5.26 Å². The second-order valence-electron chi connectivity index (χ2n) is 3.03. The lowest BCUT2D eigenvalue weighted by molar-refractivity contribution is -0.144. The largest absolute Gasteiger partial charge is 0.481 e. The van der Waals surface area contributed by atoms with E-state index in [2.05, 4.69) is 0 Å². The average molecular weight is 169 g/mol. The van der Waals surface area contributed by atoms with Crippen LogP contribution in [-0.4, -0.2) is 17.2 Å². The van der Waals surface area contributed by atoms with Crippen LogP contribution in [0.2, 0.25) is 0 Å². The van der Waals surface area contributed by atoms with Gasteiger partial charge in [-0.2, -0.15) is 5.26 Å². The minimum atomic E-state index is -0.777. The van der Waals surface area contributed by atoms with Crippen LogP contribution >= 0.6 is 0 Å². The number of nitriles is 1. The predicted octanol–water partition coefficient (Wildman–Crippen LogP) is 1.13. The van der Waals surface area contributed by atoms with E-state index in [0.29, 0.717) is 12.8 Å². The van der Waals surface area contributed by atoms with Crippen molar-refractivity contribution in [2.24, 2.45) is 5.92 Å². The van der Waals surface area contributed by atoms with Gasteiger partial charge in [0.2, 0.25) is 0 Å². The first-order valence-corrected chi connectivity index (χ1v) is 4.01. The molecule has 1 aliphatic rings. The standard InChI is InChI=1S/C8H11NO3/c9-5-12-7-3-1-2-6(4-7)8(10)11/h6-7H,1-4H2,(H,10,11). The van der Waals surface area contributed by atoms with E-state index >= 15 is 0 Å². The number of hydrogen-bond acceptors (Lipinski definition) is 3. The van der Waals surface area contributed by atoms with Gasteiger partial charge >= 0.3 is 5.97 Å². The third-order valence-corrected chi connectivity index (χ3v) is 2.19. The molecule has 0 aromatic heterocycles. The highest BCUT2D eigenvalue weighted by molar-refractivity contribution is 5.70. The van der Waals surface area contributed by atoms with Crippen LogP contribution in [0, 0.1) is 17.4 Å². The second kappa shape index (κ2) is 3.96. The summed E-state index contributed by atoms with van der Waals surface area (Å²) in [5.74, 6) is -1.10. The molecular formula is C8H11NO3. The molecule has 2 atom stereocenters. The van der Waals surface area contributed by atoms with Crippen LogP contribution in [0.4, 0.5) is 0 Å². The molecule has 1 saturated carbocycles. The first kappa shape index (κ1) is 8.85. The zero-order valence-corrected chi connectivity index (χ0v) is 6.69. The van der Waals surface area contributed by atoms with E-state index in [0.717, 1.165) is 12.8 Å². The SMILES string of the molecule is N#COC1CCCC(C(=O)O)C1. The van der Waals surface area contributed by atoms with Crippen molar-refractivity contribution in [3.63, 3.8) is 0 Å². The van der Waals surface area contributed by atoms with Gasteiger partial charge in [0.05, 0.1) is 5.92 Å². The van der Waals surface area contributed by atoms with Gasteiger partial charge < -0.3 is 9.84 Å². The lowest BCUT2D eigenvalue weighted by atomic mass is 9.87. The Morgan fingerprint density at radius 2 is 2.33 bits per heavy atom. The summed E-state index contributed by atoms with van der Waals surface area (Å²) in [4.78, 5) is 10.6. The van der Waals surface area contributed by atoms with Gasteiger partial charge in [-0.25, -0.2) is 0 Å². The van der Waals surface area contributed by atoms with E-state index < -0.39 is 5.97 Å². The minimum Gasteiger partial charge on any atom is -0.481 e. The van der Waals surface area contributed by atoms with Gasteiger partial charge in [-0.05, 0) is 25.7 Å². The summed E-state index contributed by atoms with van der Waals surface area (Å²) < 4.78 is 4.71. The molecule has 1 fully saturated rings. The van der Waals surface area contributed by atoms with E-state index in [1.54, 1.807) is 6.26 Å². The molecule has 0 radical (unpaired) electrons. The van der Waals surface area contributed by atoms with Crippen LogP contribution in [-0.2, 0) is 9.53 Å². The van der Waals surface area contributed by atoms with Crippen molar-refractivity contribution in [3.8, 4) is 6.26 Å². The van der Waals surface area contributed by atoms with E-state index in [4.69, 9.17) is 15.1 Å². The molecule has 1 rings (SSSR count). The highest BCUT2D eigenvalue weighted by atomic mass is 16.5. The van der Waals surface area contributed by atoms with E-state index in [9.17, 15) is 4.79 Å². The highest BCUT2D eigenvalue weighted by Gasteiger charge is 2.27. The third kappa shape index (κ3) is 2.12. The predicted molar refractivity (Wildman–Crippen MR) is 40.1 cm³/mol. The molecule has 4 heteroatoms. The lowest BCUT2D eigenvalue weighted by Crippen LogP contribution is -2.26. The van der Waals surface area contributed by atoms with Gasteiger partial charge in [0.25, 0.3) is 6.26 Å². The molecule has 4 nitrogen and oxygen atoms in total. The Bertz CT molecular complexity index is 209. The number of ether oxygens (including phenoxy) is 1. The van der Waals surface area contributed by atoms with Crippen molar-refractivity contribution in [2.75, 3.05) is 0 Å². The Morgan fingerprint density at radius 3 is 2.92 bits per heavy atom. The van der Waals surface area contributed by atoms with Gasteiger partial charge in [0.15, 0.2) is 0 Å². The summed E-state index contributed by atoms with van der Waals surface area (Å²) in [6.45, 7) is 0. The number of aliphatic carboxylic acids is 1. The molecule has 66 valence electrons. The van der Waals surface area contributed by atoms with Crippen molar-refractivity contribution < 1.29 is 14.6 Å².